The van der Waals surface area contributed by atoms with Crippen LogP contribution in [0.25, 0.3) is 0 Å². The highest BCUT2D eigenvalue weighted by atomic mass is 35.5. The molecule has 0 rings (SSSR count). The van der Waals surface area contributed by atoms with E-state index in [1.54, 1.807) is 0 Å². The number of rotatable bonds is 1. The fourth-order valence-electron chi connectivity index (χ4n) is 0. The Bertz CT molecular complexity index is 56.4. The van der Waals surface area contributed by atoms with Crippen LogP contribution in [0, 0.1) is 0 Å². The molecule has 0 saturated carbocycles. The van der Waals surface area contributed by atoms with Crippen LogP contribution in [0.3, 0.4) is 0 Å². The van der Waals surface area contributed by atoms with Crippen LogP contribution < -0.4 is 0 Å². The Balaban J connectivity index is 3.54. The first kappa shape index (κ1) is 7.44. The van der Waals surface area contributed by atoms with Crippen LogP contribution in [0.2, 0.25) is 0 Å². The molecule has 0 heterocycles. The third-order valence-corrected chi connectivity index (χ3v) is 1.10. The van der Waals surface area contributed by atoms with E-state index in [2.05, 4.69) is 11.6 Å². The Morgan fingerprint density at radius 2 is 1.86 bits per heavy atom. The molecule has 0 fully saturated rings. The van der Waals surface area contributed by atoms with Gasteiger partial charge in [0.1, 0.15) is 0 Å². The standard InChI is InChI=1S/C3H4Cl2F2/c1-3(5,7)2(4)6/h2H,1H3. The van der Waals surface area contributed by atoms with Crippen LogP contribution in [0.15, 0.2) is 0 Å². The van der Waals surface area contributed by atoms with Gasteiger partial charge in [0.25, 0.3) is 0 Å². The largest absolute Gasteiger partial charge is 0.225 e. The van der Waals surface area contributed by atoms with Crippen LogP contribution in [0.1, 0.15) is 6.92 Å². The summed E-state index contributed by atoms with van der Waals surface area (Å²) in [5, 5.41) is -2.43. The fraction of sp³-hybridized carbons (Fsp3) is 1.00. The zero-order valence-electron chi connectivity index (χ0n) is 3.59. The van der Waals surface area contributed by atoms with Gasteiger partial charge >= 0.3 is 0 Å². The molecule has 4 heteroatoms. The van der Waals surface area contributed by atoms with Crippen molar-refractivity contribution in [2.75, 3.05) is 0 Å². The molecule has 0 N–H and O–H groups in total. The third kappa shape index (κ3) is 3.06. The van der Waals surface area contributed by atoms with E-state index in [0.29, 0.717) is 0 Å². The van der Waals surface area contributed by atoms with E-state index in [9.17, 15) is 8.78 Å². The number of hydrogen-bond donors (Lipinski definition) is 0. The van der Waals surface area contributed by atoms with Crippen molar-refractivity contribution in [3.05, 3.63) is 0 Å². The molecule has 0 saturated heterocycles. The lowest BCUT2D eigenvalue weighted by Gasteiger charge is -2.08. The summed E-state index contributed by atoms with van der Waals surface area (Å²) < 4.78 is 23.2. The molecule has 2 atom stereocenters. The minimum atomic E-state index is -2.43. The van der Waals surface area contributed by atoms with E-state index in [1.807, 2.05) is 0 Å². The van der Waals surface area contributed by atoms with Crippen molar-refractivity contribution in [2.45, 2.75) is 17.7 Å². The van der Waals surface area contributed by atoms with Gasteiger partial charge in [-0.25, -0.2) is 8.78 Å². The van der Waals surface area contributed by atoms with Crippen molar-refractivity contribution in [1.82, 2.24) is 0 Å². The molecular formula is C3H4Cl2F2. The lowest BCUT2D eigenvalue weighted by molar-refractivity contribution is 0.206. The minimum Gasteiger partial charge on any atom is -0.225 e. The van der Waals surface area contributed by atoms with Crippen molar-refractivity contribution >= 4 is 23.2 Å². The third-order valence-electron chi connectivity index (χ3n) is 0.383. The molecule has 0 aromatic carbocycles. The average Bonchev–Trinajstić information content (AvgIpc) is 1.31. The molecule has 0 bridgehead atoms. The molecular weight excluding hydrogens is 145 g/mol. The van der Waals surface area contributed by atoms with Crippen LogP contribution in [0.4, 0.5) is 8.78 Å². The molecule has 0 aromatic heterocycles. The van der Waals surface area contributed by atoms with E-state index >= 15 is 0 Å². The molecule has 0 spiro atoms. The Kier molecular flexibility index (Phi) is 2.27. The topological polar surface area (TPSA) is 0 Å². The molecule has 2 unspecified atom stereocenters. The van der Waals surface area contributed by atoms with Gasteiger partial charge in [-0.15, -0.1) is 0 Å². The van der Waals surface area contributed by atoms with Gasteiger partial charge in [-0.2, -0.15) is 0 Å². The molecule has 0 nitrogen and oxygen atoms in total. The number of halogens is 4. The highest BCUT2D eigenvalue weighted by Crippen LogP contribution is 2.25. The normalized spacial score (nSPS) is 23.6. The van der Waals surface area contributed by atoms with Crippen molar-refractivity contribution in [3.8, 4) is 0 Å². The first-order chi connectivity index (χ1) is 2.94. The van der Waals surface area contributed by atoms with Crippen LogP contribution in [-0.2, 0) is 0 Å². The summed E-state index contributed by atoms with van der Waals surface area (Å²) in [5.41, 5.74) is -2.13. The number of alkyl halides is 4. The molecule has 0 aliphatic heterocycles. The highest BCUT2D eigenvalue weighted by Gasteiger charge is 2.29. The molecule has 0 radical (unpaired) electrons. The van der Waals surface area contributed by atoms with Crippen LogP contribution >= 0.6 is 23.2 Å². The summed E-state index contributed by atoms with van der Waals surface area (Å²) in [6, 6.07) is 0. The monoisotopic (exact) mass is 148 g/mol. The average molecular weight is 149 g/mol. The second-order valence-corrected chi connectivity index (χ2v) is 2.38. The summed E-state index contributed by atoms with van der Waals surface area (Å²) >= 11 is 9.27. The van der Waals surface area contributed by atoms with Gasteiger partial charge in [0, 0.05) is 0 Å². The SMILES string of the molecule is CC(F)(Cl)C(F)Cl. The predicted octanol–water partition coefficient (Wildman–Crippen LogP) is 2.45. The van der Waals surface area contributed by atoms with E-state index in [0.717, 1.165) is 6.92 Å². The smallest absolute Gasteiger partial charge is 0.225 e. The van der Waals surface area contributed by atoms with Gasteiger partial charge < -0.3 is 0 Å². The quantitative estimate of drug-likeness (QED) is 0.502. The maximum Gasteiger partial charge on any atom is 0.225 e. The zero-order chi connectivity index (χ0) is 6.08. The maximum atomic E-state index is 11.8. The highest BCUT2D eigenvalue weighted by molar-refractivity contribution is 6.30. The second-order valence-electron chi connectivity index (χ2n) is 1.26. The maximum absolute atomic E-state index is 11.8. The summed E-state index contributed by atoms with van der Waals surface area (Å²) in [6.45, 7) is 0.853. The van der Waals surface area contributed by atoms with Crippen molar-refractivity contribution in [1.29, 1.82) is 0 Å². The first-order valence-corrected chi connectivity index (χ1v) is 2.42. The lowest BCUT2D eigenvalue weighted by Crippen LogP contribution is -2.18. The Hall–Kier alpha value is 0.440. The van der Waals surface area contributed by atoms with Crippen molar-refractivity contribution < 1.29 is 8.78 Å². The summed E-state index contributed by atoms with van der Waals surface area (Å²) in [5.74, 6) is 0. The van der Waals surface area contributed by atoms with E-state index in [-0.39, 0.29) is 0 Å². The van der Waals surface area contributed by atoms with Gasteiger partial charge in [-0.3, -0.25) is 0 Å². The van der Waals surface area contributed by atoms with Gasteiger partial charge in [0.2, 0.25) is 10.8 Å². The van der Waals surface area contributed by atoms with Crippen molar-refractivity contribution in [3.63, 3.8) is 0 Å². The van der Waals surface area contributed by atoms with Crippen LogP contribution in [-0.4, -0.2) is 10.8 Å². The first-order valence-electron chi connectivity index (χ1n) is 1.60. The van der Waals surface area contributed by atoms with Gasteiger partial charge in [0.15, 0.2) is 0 Å². The van der Waals surface area contributed by atoms with Gasteiger partial charge in [-0.05, 0) is 6.92 Å². The summed E-state index contributed by atoms with van der Waals surface area (Å²) in [6.07, 6.45) is 0. The van der Waals surface area contributed by atoms with E-state index < -0.39 is 10.8 Å². The minimum absolute atomic E-state index is 0.853. The Labute approximate surface area is 50.4 Å². The van der Waals surface area contributed by atoms with Crippen molar-refractivity contribution in [2.24, 2.45) is 0 Å². The molecule has 44 valence electrons. The second kappa shape index (κ2) is 2.14. The molecule has 0 aromatic rings. The van der Waals surface area contributed by atoms with Crippen LogP contribution in [0.5, 0.6) is 0 Å². The summed E-state index contributed by atoms with van der Waals surface area (Å²) in [4.78, 5) is 0. The molecule has 0 amide bonds. The van der Waals surface area contributed by atoms with E-state index in [1.165, 1.54) is 0 Å². The van der Waals surface area contributed by atoms with Gasteiger partial charge in [-0.1, -0.05) is 23.2 Å². The van der Waals surface area contributed by atoms with E-state index in [4.69, 9.17) is 11.6 Å². The fourth-order valence-corrected chi connectivity index (χ4v) is 0. The number of hydrogen-bond acceptors (Lipinski definition) is 0. The Morgan fingerprint density at radius 1 is 1.71 bits per heavy atom. The zero-order valence-corrected chi connectivity index (χ0v) is 5.10. The molecule has 7 heavy (non-hydrogen) atoms. The predicted molar refractivity (Wildman–Crippen MR) is 26.1 cm³/mol. The van der Waals surface area contributed by atoms with Gasteiger partial charge in [0.05, 0.1) is 0 Å². The molecule has 0 aliphatic carbocycles. The molecule has 0 aliphatic rings. The lowest BCUT2D eigenvalue weighted by atomic mass is 10.5. The summed E-state index contributed by atoms with van der Waals surface area (Å²) in [7, 11) is 0. The Morgan fingerprint density at radius 3 is 1.86 bits per heavy atom.